The Morgan fingerprint density at radius 2 is 1.88 bits per heavy atom. The summed E-state index contributed by atoms with van der Waals surface area (Å²) < 4.78 is 4.63. The average Bonchev–Trinajstić information content (AvgIpc) is 2.31. The van der Waals surface area contributed by atoms with Crippen LogP contribution >= 0.6 is 0 Å². The van der Waals surface area contributed by atoms with Gasteiger partial charge in [-0.05, 0) is 30.3 Å². The number of rotatable bonds is 3. The van der Waals surface area contributed by atoms with Crippen molar-refractivity contribution in [1.29, 1.82) is 0 Å². The van der Waals surface area contributed by atoms with Crippen molar-refractivity contribution < 1.29 is 9.53 Å². The summed E-state index contributed by atoms with van der Waals surface area (Å²) in [4.78, 5) is 16.7. The van der Waals surface area contributed by atoms with Crippen LogP contribution in [0.2, 0.25) is 0 Å². The number of nitrogens with zero attached hydrogens (tertiary/aromatic N) is 6. The highest BCUT2D eigenvalue weighted by molar-refractivity contribution is 5.72. The number of hydrogen-bond acceptors (Lipinski definition) is 4. The number of ether oxygens (including phenoxy) is 1. The van der Waals surface area contributed by atoms with Crippen molar-refractivity contribution in [2.75, 3.05) is 7.11 Å². The average molecular weight is 224 g/mol. The maximum atomic E-state index is 11.3. The zero-order valence-corrected chi connectivity index (χ0v) is 8.85. The zero-order chi connectivity index (χ0) is 12.0. The quantitative estimate of drug-likeness (QED) is 0.316. The van der Waals surface area contributed by atoms with Gasteiger partial charge in [0.2, 0.25) is 0 Å². The largest absolute Gasteiger partial charge is 0.469 e. The van der Waals surface area contributed by atoms with Gasteiger partial charge in [0.15, 0.2) is 0 Å². The van der Waals surface area contributed by atoms with E-state index >= 15 is 0 Å². The summed E-state index contributed by atoms with van der Waals surface area (Å²) >= 11 is 0. The van der Waals surface area contributed by atoms with E-state index in [-0.39, 0.29) is 17.9 Å². The molecule has 16 heavy (non-hydrogen) atoms. The molecule has 8 heteroatoms. The normalized spacial score (nSPS) is 28.4. The minimum atomic E-state index is -0.459. The highest BCUT2D eigenvalue weighted by atomic mass is 16.5. The predicted octanol–water partition coefficient (Wildman–Crippen LogP) is 2.32. The molecule has 0 bridgehead atoms. The second-order valence-corrected chi connectivity index (χ2v) is 3.58. The molecule has 3 unspecified atom stereocenters. The third-order valence-corrected chi connectivity index (χ3v) is 2.72. The van der Waals surface area contributed by atoms with Gasteiger partial charge in [-0.1, -0.05) is 10.2 Å². The molecular formula is C8H12N6O2. The van der Waals surface area contributed by atoms with E-state index in [2.05, 4.69) is 24.8 Å². The second-order valence-electron chi connectivity index (χ2n) is 3.58. The van der Waals surface area contributed by atoms with Crippen molar-refractivity contribution >= 4 is 5.97 Å². The molecule has 1 aliphatic carbocycles. The summed E-state index contributed by atoms with van der Waals surface area (Å²) in [6.45, 7) is 0. The molecular weight excluding hydrogens is 212 g/mol. The van der Waals surface area contributed by atoms with Crippen LogP contribution in [0.1, 0.15) is 19.3 Å². The van der Waals surface area contributed by atoms with Crippen molar-refractivity contribution in [1.82, 2.24) is 0 Å². The van der Waals surface area contributed by atoms with Gasteiger partial charge < -0.3 is 4.74 Å². The molecule has 1 saturated carbocycles. The summed E-state index contributed by atoms with van der Waals surface area (Å²) in [6.07, 6.45) is 1.50. The van der Waals surface area contributed by atoms with Crippen LogP contribution in [-0.4, -0.2) is 25.2 Å². The first-order valence-electron chi connectivity index (χ1n) is 4.89. The van der Waals surface area contributed by atoms with Gasteiger partial charge in [0.1, 0.15) is 0 Å². The molecule has 1 rings (SSSR count). The topological polar surface area (TPSA) is 124 Å². The van der Waals surface area contributed by atoms with Crippen LogP contribution in [0.4, 0.5) is 0 Å². The van der Waals surface area contributed by atoms with E-state index in [9.17, 15) is 4.79 Å². The third kappa shape index (κ3) is 2.79. The number of carbonyl (C=O) groups excluding carboxylic acids is 1. The lowest BCUT2D eigenvalue weighted by atomic mass is 9.83. The molecule has 0 spiro atoms. The monoisotopic (exact) mass is 224 g/mol. The maximum absolute atomic E-state index is 11.3. The van der Waals surface area contributed by atoms with E-state index in [1.54, 1.807) is 0 Å². The smallest absolute Gasteiger partial charge is 0.308 e. The molecule has 0 amide bonds. The molecule has 0 radical (unpaired) electrons. The molecule has 86 valence electrons. The van der Waals surface area contributed by atoms with Crippen molar-refractivity contribution in [2.45, 2.75) is 31.3 Å². The molecule has 0 heterocycles. The fourth-order valence-electron chi connectivity index (χ4n) is 1.90. The number of esters is 1. The highest BCUT2D eigenvalue weighted by Gasteiger charge is 2.33. The first kappa shape index (κ1) is 12.2. The Labute approximate surface area is 91.8 Å². The van der Waals surface area contributed by atoms with E-state index in [0.29, 0.717) is 19.3 Å². The minimum Gasteiger partial charge on any atom is -0.469 e. The molecule has 0 aromatic heterocycles. The Hall–Kier alpha value is -1.91. The Bertz CT molecular complexity index is 358. The highest BCUT2D eigenvalue weighted by Crippen LogP contribution is 2.29. The van der Waals surface area contributed by atoms with Crippen molar-refractivity contribution in [3.05, 3.63) is 20.9 Å². The fourth-order valence-corrected chi connectivity index (χ4v) is 1.90. The van der Waals surface area contributed by atoms with Crippen LogP contribution in [0.25, 0.3) is 20.9 Å². The number of hydrogen-bond donors (Lipinski definition) is 0. The van der Waals surface area contributed by atoms with Gasteiger partial charge in [0.25, 0.3) is 0 Å². The lowest BCUT2D eigenvalue weighted by molar-refractivity contribution is -0.146. The number of carbonyl (C=O) groups is 1. The van der Waals surface area contributed by atoms with Gasteiger partial charge in [0.05, 0.1) is 13.0 Å². The first-order valence-corrected chi connectivity index (χ1v) is 4.89. The van der Waals surface area contributed by atoms with Crippen LogP contribution in [-0.2, 0) is 9.53 Å². The summed E-state index contributed by atoms with van der Waals surface area (Å²) in [6, 6.07) is -0.819. The van der Waals surface area contributed by atoms with E-state index in [1.807, 2.05) is 0 Å². The van der Waals surface area contributed by atoms with Gasteiger partial charge in [-0.15, -0.1) is 0 Å². The molecule has 0 N–H and O–H groups in total. The van der Waals surface area contributed by atoms with Gasteiger partial charge in [-0.25, -0.2) is 0 Å². The minimum absolute atomic E-state index is 0.273. The van der Waals surface area contributed by atoms with E-state index in [1.165, 1.54) is 7.11 Å². The Morgan fingerprint density at radius 1 is 1.25 bits per heavy atom. The van der Waals surface area contributed by atoms with E-state index in [0.717, 1.165) is 0 Å². The van der Waals surface area contributed by atoms with E-state index < -0.39 is 6.04 Å². The standard InChI is InChI=1S/C8H12N6O2/c1-16-8(15)5-2-3-6(11-13-9)7(4-5)12-14-10/h5-7H,2-4H2,1H3. The van der Waals surface area contributed by atoms with Crippen molar-refractivity contribution in [3.8, 4) is 0 Å². The number of methoxy groups -OCH3 is 1. The van der Waals surface area contributed by atoms with Crippen LogP contribution in [0.3, 0.4) is 0 Å². The van der Waals surface area contributed by atoms with Crippen LogP contribution < -0.4 is 0 Å². The second kappa shape index (κ2) is 5.85. The Balaban J connectivity index is 2.75. The fraction of sp³-hybridized carbons (Fsp3) is 0.875. The van der Waals surface area contributed by atoms with Gasteiger partial charge in [0, 0.05) is 21.9 Å². The Kier molecular flexibility index (Phi) is 4.44. The van der Waals surface area contributed by atoms with Crippen molar-refractivity contribution in [3.63, 3.8) is 0 Å². The molecule has 3 atom stereocenters. The first-order chi connectivity index (χ1) is 7.72. The molecule has 0 aliphatic heterocycles. The Morgan fingerprint density at radius 3 is 2.44 bits per heavy atom. The molecule has 0 saturated heterocycles. The molecule has 0 aromatic carbocycles. The summed E-state index contributed by atoms with van der Waals surface area (Å²) in [7, 11) is 1.32. The molecule has 1 fully saturated rings. The van der Waals surface area contributed by atoms with Crippen LogP contribution in [0.15, 0.2) is 10.2 Å². The van der Waals surface area contributed by atoms with E-state index in [4.69, 9.17) is 11.1 Å². The molecule has 0 aromatic rings. The zero-order valence-electron chi connectivity index (χ0n) is 8.85. The summed E-state index contributed by atoms with van der Waals surface area (Å²) in [5.74, 6) is -0.580. The lowest BCUT2D eigenvalue weighted by Gasteiger charge is -2.29. The van der Waals surface area contributed by atoms with Gasteiger partial charge >= 0.3 is 5.97 Å². The third-order valence-electron chi connectivity index (χ3n) is 2.72. The maximum Gasteiger partial charge on any atom is 0.308 e. The molecule has 1 aliphatic rings. The van der Waals surface area contributed by atoms with Gasteiger partial charge in [-0.2, -0.15) is 0 Å². The van der Waals surface area contributed by atoms with Crippen molar-refractivity contribution in [2.24, 2.45) is 16.1 Å². The van der Waals surface area contributed by atoms with Crippen LogP contribution in [0.5, 0.6) is 0 Å². The van der Waals surface area contributed by atoms with Crippen LogP contribution in [0, 0.1) is 5.92 Å². The lowest BCUT2D eigenvalue weighted by Crippen LogP contribution is -2.34. The van der Waals surface area contributed by atoms with Gasteiger partial charge in [-0.3, -0.25) is 4.79 Å². The SMILES string of the molecule is COC(=O)C1CCC(N=[N+]=[N-])C(N=[N+]=[N-])C1. The number of azide groups is 2. The summed E-state index contributed by atoms with van der Waals surface area (Å²) in [5.41, 5.74) is 16.8. The predicted molar refractivity (Wildman–Crippen MR) is 55.2 cm³/mol. The summed E-state index contributed by atoms with van der Waals surface area (Å²) in [5, 5.41) is 7.13. The molecule has 8 nitrogen and oxygen atoms in total.